The molecule has 2 N–H and O–H groups in total. The van der Waals surface area contributed by atoms with Crippen molar-refractivity contribution in [3.8, 4) is 0 Å². The zero-order valence-electron chi connectivity index (χ0n) is 10.8. The first-order valence-corrected chi connectivity index (χ1v) is 6.79. The van der Waals surface area contributed by atoms with Gasteiger partial charge in [0.1, 0.15) is 5.82 Å². The van der Waals surface area contributed by atoms with E-state index in [4.69, 9.17) is 23.2 Å². The van der Waals surface area contributed by atoms with Crippen molar-refractivity contribution >= 4 is 40.5 Å². The summed E-state index contributed by atoms with van der Waals surface area (Å²) < 4.78 is 0. The molecule has 3 nitrogen and oxygen atoms in total. The molecule has 0 saturated heterocycles. The number of hydrogen-bond donors (Lipinski definition) is 2. The molecular formula is C14H15Cl2N3. The molecule has 100 valence electrons. The molecule has 0 fully saturated rings. The maximum Gasteiger partial charge on any atom is 0.151 e. The molecule has 0 atom stereocenters. The summed E-state index contributed by atoms with van der Waals surface area (Å²) in [6, 6.07) is 9.69. The Bertz CT molecular complexity index is 585. The fourth-order valence-electron chi connectivity index (χ4n) is 1.71. The monoisotopic (exact) mass is 295 g/mol. The highest BCUT2D eigenvalue weighted by Gasteiger charge is 2.09. The van der Waals surface area contributed by atoms with Gasteiger partial charge in [-0.05, 0) is 37.6 Å². The predicted molar refractivity (Wildman–Crippen MR) is 82.9 cm³/mol. The molecule has 0 unspecified atom stereocenters. The normalized spacial score (nSPS) is 10.3. The summed E-state index contributed by atoms with van der Waals surface area (Å²) in [4.78, 5) is 4.40. The minimum Gasteiger partial charge on any atom is -0.369 e. The minimum atomic E-state index is 0.494. The van der Waals surface area contributed by atoms with Crippen LogP contribution in [0.5, 0.6) is 0 Å². The van der Waals surface area contributed by atoms with Gasteiger partial charge < -0.3 is 10.6 Å². The number of pyridine rings is 1. The maximum absolute atomic E-state index is 6.15. The van der Waals surface area contributed by atoms with E-state index in [0.717, 1.165) is 12.2 Å². The van der Waals surface area contributed by atoms with Crippen LogP contribution in [0.3, 0.4) is 0 Å². The van der Waals surface area contributed by atoms with Gasteiger partial charge in [-0.2, -0.15) is 0 Å². The zero-order valence-corrected chi connectivity index (χ0v) is 12.3. The third kappa shape index (κ3) is 3.52. The van der Waals surface area contributed by atoms with Crippen molar-refractivity contribution in [1.82, 2.24) is 4.98 Å². The highest BCUT2D eigenvalue weighted by molar-refractivity contribution is 6.37. The molecule has 0 aliphatic carbocycles. The SMILES string of the molecule is CCNc1nc(Nc2cccc(C)c2)c(Cl)cc1Cl. The van der Waals surface area contributed by atoms with Crippen molar-refractivity contribution in [2.45, 2.75) is 13.8 Å². The van der Waals surface area contributed by atoms with Crippen molar-refractivity contribution in [2.24, 2.45) is 0 Å². The Kier molecular flexibility index (Phi) is 4.51. The molecule has 1 aromatic carbocycles. The third-order valence-electron chi connectivity index (χ3n) is 2.55. The van der Waals surface area contributed by atoms with Gasteiger partial charge in [0.25, 0.3) is 0 Å². The standard InChI is InChI=1S/C14H15Cl2N3/c1-3-17-13-11(15)8-12(16)14(19-13)18-10-6-4-5-9(2)7-10/h4-8H,3H2,1-2H3,(H2,17,18,19). The number of anilines is 3. The fourth-order valence-corrected chi connectivity index (χ4v) is 2.18. The quantitative estimate of drug-likeness (QED) is 0.845. The maximum atomic E-state index is 6.15. The minimum absolute atomic E-state index is 0.494. The van der Waals surface area contributed by atoms with Crippen molar-refractivity contribution in [2.75, 3.05) is 17.2 Å². The number of nitrogens with zero attached hydrogens (tertiary/aromatic N) is 1. The topological polar surface area (TPSA) is 37.0 Å². The number of rotatable bonds is 4. The number of benzene rings is 1. The molecule has 0 aliphatic heterocycles. The number of aromatic nitrogens is 1. The van der Waals surface area contributed by atoms with Crippen LogP contribution < -0.4 is 10.6 Å². The fraction of sp³-hybridized carbons (Fsp3) is 0.214. The lowest BCUT2D eigenvalue weighted by Crippen LogP contribution is -2.03. The Morgan fingerprint density at radius 3 is 2.53 bits per heavy atom. The van der Waals surface area contributed by atoms with Crippen molar-refractivity contribution in [1.29, 1.82) is 0 Å². The van der Waals surface area contributed by atoms with E-state index in [1.807, 2.05) is 38.1 Å². The summed E-state index contributed by atoms with van der Waals surface area (Å²) in [5.41, 5.74) is 2.11. The highest BCUT2D eigenvalue weighted by Crippen LogP contribution is 2.31. The van der Waals surface area contributed by atoms with E-state index in [2.05, 4.69) is 15.6 Å². The Morgan fingerprint density at radius 2 is 1.84 bits per heavy atom. The largest absolute Gasteiger partial charge is 0.369 e. The van der Waals surface area contributed by atoms with Crippen molar-refractivity contribution < 1.29 is 0 Å². The van der Waals surface area contributed by atoms with Gasteiger partial charge in [-0.15, -0.1) is 0 Å². The molecular weight excluding hydrogens is 281 g/mol. The summed E-state index contributed by atoms with van der Waals surface area (Å²) in [7, 11) is 0. The first-order valence-electron chi connectivity index (χ1n) is 6.03. The van der Waals surface area contributed by atoms with Crippen LogP contribution in [0, 0.1) is 6.92 Å². The van der Waals surface area contributed by atoms with E-state index >= 15 is 0 Å². The van der Waals surface area contributed by atoms with Gasteiger partial charge in [-0.3, -0.25) is 0 Å². The average molecular weight is 296 g/mol. The molecule has 0 spiro atoms. The molecule has 5 heteroatoms. The van der Waals surface area contributed by atoms with E-state index < -0.39 is 0 Å². The summed E-state index contributed by atoms with van der Waals surface area (Å²) >= 11 is 12.2. The van der Waals surface area contributed by atoms with Gasteiger partial charge in [-0.1, -0.05) is 35.3 Å². The van der Waals surface area contributed by atoms with Crippen LogP contribution >= 0.6 is 23.2 Å². The van der Waals surface area contributed by atoms with Crippen LogP contribution in [-0.4, -0.2) is 11.5 Å². The molecule has 2 rings (SSSR count). The molecule has 0 saturated carbocycles. The van der Waals surface area contributed by atoms with Gasteiger partial charge in [0.05, 0.1) is 10.0 Å². The second-order valence-corrected chi connectivity index (χ2v) is 4.99. The average Bonchev–Trinajstić information content (AvgIpc) is 2.35. The van der Waals surface area contributed by atoms with Gasteiger partial charge in [0, 0.05) is 12.2 Å². The van der Waals surface area contributed by atoms with E-state index in [-0.39, 0.29) is 0 Å². The first kappa shape index (κ1) is 14.0. The number of halogens is 2. The Morgan fingerprint density at radius 1 is 1.11 bits per heavy atom. The second-order valence-electron chi connectivity index (χ2n) is 4.17. The highest BCUT2D eigenvalue weighted by atomic mass is 35.5. The lowest BCUT2D eigenvalue weighted by Gasteiger charge is -2.12. The molecule has 0 bridgehead atoms. The molecule has 0 radical (unpaired) electrons. The zero-order chi connectivity index (χ0) is 13.8. The van der Waals surface area contributed by atoms with Gasteiger partial charge in [0.15, 0.2) is 5.82 Å². The van der Waals surface area contributed by atoms with Crippen LogP contribution in [0.4, 0.5) is 17.3 Å². The molecule has 1 aromatic heterocycles. The molecule has 1 heterocycles. The Hall–Kier alpha value is -1.45. The smallest absolute Gasteiger partial charge is 0.151 e. The second kappa shape index (κ2) is 6.13. The van der Waals surface area contributed by atoms with Gasteiger partial charge >= 0.3 is 0 Å². The Balaban J connectivity index is 2.31. The summed E-state index contributed by atoms with van der Waals surface area (Å²) in [6.07, 6.45) is 0. The van der Waals surface area contributed by atoms with Crippen LogP contribution in [0.25, 0.3) is 0 Å². The van der Waals surface area contributed by atoms with Crippen LogP contribution in [0.2, 0.25) is 10.0 Å². The number of hydrogen-bond acceptors (Lipinski definition) is 3. The number of nitrogens with one attached hydrogen (secondary N) is 2. The third-order valence-corrected chi connectivity index (χ3v) is 3.13. The van der Waals surface area contributed by atoms with E-state index in [0.29, 0.717) is 21.7 Å². The van der Waals surface area contributed by atoms with Crippen molar-refractivity contribution in [3.63, 3.8) is 0 Å². The lowest BCUT2D eigenvalue weighted by atomic mass is 10.2. The van der Waals surface area contributed by atoms with Crippen LogP contribution in [0.15, 0.2) is 30.3 Å². The van der Waals surface area contributed by atoms with Gasteiger partial charge in [-0.25, -0.2) is 4.98 Å². The molecule has 2 aromatic rings. The number of aryl methyl sites for hydroxylation is 1. The lowest BCUT2D eigenvalue weighted by molar-refractivity contribution is 1.16. The van der Waals surface area contributed by atoms with Crippen molar-refractivity contribution in [3.05, 3.63) is 45.9 Å². The van der Waals surface area contributed by atoms with E-state index in [1.165, 1.54) is 5.56 Å². The van der Waals surface area contributed by atoms with Gasteiger partial charge in [0.2, 0.25) is 0 Å². The van der Waals surface area contributed by atoms with Crippen LogP contribution in [0.1, 0.15) is 12.5 Å². The van der Waals surface area contributed by atoms with Crippen LogP contribution in [-0.2, 0) is 0 Å². The van der Waals surface area contributed by atoms with E-state index in [9.17, 15) is 0 Å². The first-order chi connectivity index (χ1) is 9.10. The Labute approximate surface area is 123 Å². The van der Waals surface area contributed by atoms with E-state index in [1.54, 1.807) is 6.07 Å². The molecule has 19 heavy (non-hydrogen) atoms. The summed E-state index contributed by atoms with van der Waals surface area (Å²) in [5.74, 6) is 1.22. The predicted octanol–water partition coefficient (Wildman–Crippen LogP) is 4.87. The summed E-state index contributed by atoms with van der Waals surface area (Å²) in [5, 5.41) is 7.31. The summed E-state index contributed by atoms with van der Waals surface area (Å²) in [6.45, 7) is 4.77. The molecule has 0 amide bonds. The molecule has 0 aliphatic rings.